The Labute approximate surface area is 215 Å². The smallest absolute Gasteiger partial charge is 0.549 e. The van der Waals surface area contributed by atoms with Gasteiger partial charge in [-0.15, -0.1) is 0 Å². The van der Waals surface area contributed by atoms with E-state index in [9.17, 15) is 55.7 Å². The van der Waals surface area contributed by atoms with Gasteiger partial charge in [-0.1, -0.05) is 13.8 Å². The number of hydrogen-bond acceptors (Lipinski definition) is 8. The average Bonchev–Trinajstić information content (AvgIpc) is 2.52. The van der Waals surface area contributed by atoms with Crippen molar-refractivity contribution in [2.75, 3.05) is 0 Å². The fourth-order valence-electron chi connectivity index (χ4n) is 2.11. The molecule has 0 bridgehead atoms. The van der Waals surface area contributed by atoms with E-state index in [-0.39, 0.29) is 33.9 Å². The first kappa shape index (κ1) is 43.6. The summed E-state index contributed by atoms with van der Waals surface area (Å²) < 4.78 is 73.4. The second-order valence-corrected chi connectivity index (χ2v) is 7.39. The maximum absolute atomic E-state index is 12.2. The number of aliphatic carboxylic acids is 2. The molecule has 0 spiro atoms. The summed E-state index contributed by atoms with van der Waals surface area (Å²) >= 11 is 0. The molecule has 0 aliphatic rings. The first-order chi connectivity index (χ1) is 14.9. The van der Waals surface area contributed by atoms with Crippen molar-refractivity contribution in [1.82, 2.24) is 0 Å². The number of hydrogen-bond donors (Lipinski definition) is 2. The van der Waals surface area contributed by atoms with Crippen molar-refractivity contribution in [3.05, 3.63) is 0 Å². The van der Waals surface area contributed by atoms with Crippen LogP contribution in [0.2, 0.25) is 0 Å². The average molecular weight is 562 g/mol. The number of carbonyl (C=O) groups excluding carboxylic acids is 4. The second-order valence-electron chi connectivity index (χ2n) is 7.39. The molecule has 0 heterocycles. The summed E-state index contributed by atoms with van der Waals surface area (Å²) in [4.78, 5) is 41.9. The first-order valence-electron chi connectivity index (χ1n) is 9.81. The third-order valence-electron chi connectivity index (χ3n) is 3.93. The van der Waals surface area contributed by atoms with Gasteiger partial charge in [0.25, 0.3) is 0 Å². The number of aliphatic hydroxyl groups excluding tert-OH is 2. The van der Waals surface area contributed by atoms with Crippen LogP contribution >= 0.6 is 0 Å². The van der Waals surface area contributed by atoms with E-state index >= 15 is 0 Å². The summed E-state index contributed by atoms with van der Waals surface area (Å²) in [6.07, 6.45) is -12.2. The largest absolute Gasteiger partial charge is 2.00 e. The molecule has 0 aliphatic carbocycles. The van der Waals surface area contributed by atoms with Gasteiger partial charge in [0.05, 0.1) is 11.9 Å². The van der Waals surface area contributed by atoms with Crippen LogP contribution in [-0.2, 0) is 40.9 Å². The monoisotopic (exact) mass is 562 g/mol. The van der Waals surface area contributed by atoms with Crippen molar-refractivity contribution in [3.63, 3.8) is 0 Å². The van der Waals surface area contributed by atoms with Crippen molar-refractivity contribution in [3.8, 4) is 0 Å². The SMILES string of the molecule is CC(C)O.CC(C)O.CCC(C(C)=O)(C(=O)[O-])C(F)(F)F.CCC(C(C)=O)(C(=O)[O-])C(F)(F)F.[Ti+2]. The van der Waals surface area contributed by atoms with Gasteiger partial charge in [0.2, 0.25) is 0 Å². The molecule has 0 saturated heterocycles. The molecule has 0 fully saturated rings. The molecule has 0 saturated carbocycles. The van der Waals surface area contributed by atoms with E-state index in [1.54, 1.807) is 27.7 Å². The van der Waals surface area contributed by atoms with Crippen molar-refractivity contribution in [2.45, 2.75) is 92.8 Å². The number of aliphatic hydroxyl groups is 2. The fourth-order valence-corrected chi connectivity index (χ4v) is 2.11. The molecule has 0 aliphatic heterocycles. The molecule has 0 aromatic heterocycles. The molecule has 2 atom stereocenters. The van der Waals surface area contributed by atoms with E-state index in [1.807, 2.05) is 0 Å². The van der Waals surface area contributed by atoms with Crippen molar-refractivity contribution in [1.29, 1.82) is 0 Å². The van der Waals surface area contributed by atoms with E-state index in [4.69, 9.17) is 10.2 Å². The molecular formula is C20H32F6O8Ti. The molecular weight excluding hydrogens is 530 g/mol. The maximum atomic E-state index is 12.2. The molecule has 0 aromatic carbocycles. The quantitative estimate of drug-likeness (QED) is 0.279. The Morgan fingerprint density at radius 3 is 0.800 bits per heavy atom. The number of carboxylic acids is 2. The Kier molecular flexibility index (Phi) is 22.2. The van der Waals surface area contributed by atoms with Gasteiger partial charge >= 0.3 is 34.1 Å². The van der Waals surface area contributed by atoms with Gasteiger partial charge in [-0.3, -0.25) is 9.59 Å². The topological polar surface area (TPSA) is 155 Å². The van der Waals surface area contributed by atoms with Crippen molar-refractivity contribution in [2.24, 2.45) is 10.8 Å². The van der Waals surface area contributed by atoms with Gasteiger partial charge in [-0.2, -0.15) is 26.3 Å². The van der Waals surface area contributed by atoms with Gasteiger partial charge in [0.15, 0.2) is 22.4 Å². The van der Waals surface area contributed by atoms with Gasteiger partial charge in [0.1, 0.15) is 0 Å². The molecule has 35 heavy (non-hydrogen) atoms. The number of carboxylic acid groups (broad SMARTS) is 2. The van der Waals surface area contributed by atoms with E-state index in [0.29, 0.717) is 13.8 Å². The Hall–Kier alpha value is -1.51. The predicted octanol–water partition coefficient (Wildman–Crippen LogP) is 1.34. The third kappa shape index (κ3) is 14.0. The summed E-state index contributed by atoms with van der Waals surface area (Å²) in [7, 11) is 0. The zero-order valence-electron chi connectivity index (χ0n) is 20.7. The summed E-state index contributed by atoms with van der Waals surface area (Å²) in [6.45, 7) is 10.0. The second kappa shape index (κ2) is 17.8. The van der Waals surface area contributed by atoms with E-state index in [1.165, 1.54) is 0 Å². The van der Waals surface area contributed by atoms with E-state index < -0.39 is 59.5 Å². The fraction of sp³-hybridized carbons (Fsp3) is 0.800. The standard InChI is InChI=1S/2C7H9F3O3.2C3H8O.Ti/c2*1-3-6(4(2)11,5(12)13)7(8,9)10;2*1-3(2)4;/h2*3H2,1-2H3,(H,12,13);2*3-4H,1-2H3;/q;;;;+2/p-2. The van der Waals surface area contributed by atoms with E-state index in [2.05, 4.69) is 0 Å². The molecule has 8 nitrogen and oxygen atoms in total. The molecule has 0 rings (SSSR count). The summed E-state index contributed by atoms with van der Waals surface area (Å²) in [5.74, 6) is -7.70. The van der Waals surface area contributed by atoms with Crippen molar-refractivity contribution >= 4 is 23.5 Å². The number of halogens is 6. The number of ketones is 2. The molecule has 0 radical (unpaired) electrons. The maximum Gasteiger partial charge on any atom is 2.00 e. The normalized spacial score (nSPS) is 14.2. The molecule has 2 N–H and O–H groups in total. The number of carbonyl (C=O) groups is 4. The van der Waals surface area contributed by atoms with Crippen LogP contribution in [0.1, 0.15) is 68.2 Å². The summed E-state index contributed by atoms with van der Waals surface area (Å²) in [6, 6.07) is 0. The third-order valence-corrected chi connectivity index (χ3v) is 3.93. The van der Waals surface area contributed by atoms with Crippen LogP contribution in [0.4, 0.5) is 26.3 Å². The van der Waals surface area contributed by atoms with Gasteiger partial charge in [0, 0.05) is 12.2 Å². The van der Waals surface area contributed by atoms with Gasteiger partial charge < -0.3 is 30.0 Å². The minimum atomic E-state index is -5.10. The summed E-state index contributed by atoms with van der Waals surface area (Å²) in [5, 5.41) is 36.7. The number of Topliss-reactive ketones (excluding diaryl/α,β-unsaturated/α-hetero) is 2. The molecule has 15 heteroatoms. The van der Waals surface area contributed by atoms with Gasteiger partial charge in [-0.25, -0.2) is 0 Å². The number of rotatable bonds is 6. The zero-order valence-corrected chi connectivity index (χ0v) is 22.2. The molecule has 2 unspecified atom stereocenters. The molecule has 0 aromatic rings. The molecule has 0 amide bonds. The Morgan fingerprint density at radius 1 is 0.657 bits per heavy atom. The number of alkyl halides is 6. The summed E-state index contributed by atoms with van der Waals surface area (Å²) in [5.41, 5.74) is -6.71. The predicted molar refractivity (Wildman–Crippen MR) is 104 cm³/mol. The van der Waals surface area contributed by atoms with Gasteiger partial charge in [-0.05, 0) is 54.4 Å². The van der Waals surface area contributed by atoms with Crippen LogP contribution in [0.25, 0.3) is 0 Å². The van der Waals surface area contributed by atoms with Crippen LogP contribution in [0.5, 0.6) is 0 Å². The van der Waals surface area contributed by atoms with Crippen LogP contribution in [-0.4, -0.2) is 58.3 Å². The van der Waals surface area contributed by atoms with Crippen LogP contribution < -0.4 is 10.2 Å². The minimum absolute atomic E-state index is 0. The van der Waals surface area contributed by atoms with Crippen molar-refractivity contribution < 1.29 is 87.7 Å². The van der Waals surface area contributed by atoms with Crippen LogP contribution in [0.3, 0.4) is 0 Å². The molecule has 206 valence electrons. The Morgan fingerprint density at radius 2 is 0.800 bits per heavy atom. The minimum Gasteiger partial charge on any atom is -0.549 e. The Bertz CT molecular complexity index is 571. The van der Waals surface area contributed by atoms with Crippen LogP contribution in [0, 0.1) is 10.8 Å². The Balaban J connectivity index is -0.000000128. The first-order valence-corrected chi connectivity index (χ1v) is 9.81. The van der Waals surface area contributed by atoms with Crippen LogP contribution in [0.15, 0.2) is 0 Å². The van der Waals surface area contributed by atoms with E-state index in [0.717, 1.165) is 13.8 Å². The zero-order chi connectivity index (χ0) is 28.9.